The molecule has 48 heavy (non-hydrogen) atoms. The van der Waals surface area contributed by atoms with Crippen LogP contribution in [-0.4, -0.2) is 58.5 Å². The van der Waals surface area contributed by atoms with Gasteiger partial charge < -0.3 is 22.1 Å². The minimum Gasteiger partial charge on any atom is -0.366 e. The number of nitrogens with one attached hydrogen (secondary N) is 2. The second-order valence-corrected chi connectivity index (χ2v) is 13.6. The molecule has 266 valence electrons. The molecule has 6 N–H and O–H groups in total. The van der Waals surface area contributed by atoms with E-state index < -0.39 is 11.8 Å². The number of nitrogens with two attached hydrogens (primary N) is 2. The topological polar surface area (TPSA) is 170 Å². The van der Waals surface area contributed by atoms with E-state index >= 15 is 0 Å². The van der Waals surface area contributed by atoms with Gasteiger partial charge in [0.1, 0.15) is 0 Å². The average Bonchev–Trinajstić information content (AvgIpc) is 3.06. The number of primary amides is 2. The Balaban J connectivity index is 1.46. The van der Waals surface area contributed by atoms with Crippen LogP contribution in [-0.2, 0) is 0 Å². The number of hydrogen-bond donors (Lipinski definition) is 4. The number of Topliss-reactive ketones (excluding diaryl/α,β-unsaturated/α-hetero) is 2. The first kappa shape index (κ1) is 40.7. The van der Waals surface area contributed by atoms with Gasteiger partial charge in [0, 0.05) is 24.8 Å². The largest absolute Gasteiger partial charge is 0.366 e. The zero-order chi connectivity index (χ0) is 35.3. The number of rotatable bonds is 27. The Morgan fingerprint density at radius 3 is 1.08 bits per heavy atom. The molecular formula is C38H60N6O4. The number of unbranched alkanes of at least 4 members (excludes halogenated alkanes) is 13. The van der Waals surface area contributed by atoms with Gasteiger partial charge in [0.2, 0.25) is 11.8 Å². The molecule has 0 radical (unpaired) electrons. The number of amides is 2. The Bertz CT molecular complexity index is 1180. The zero-order valence-corrected chi connectivity index (χ0v) is 29.8. The van der Waals surface area contributed by atoms with E-state index in [-0.39, 0.29) is 57.7 Å². The predicted octanol–water partition coefficient (Wildman–Crippen LogP) is 6.43. The third kappa shape index (κ3) is 14.3. The van der Waals surface area contributed by atoms with Crippen LogP contribution < -0.4 is 22.1 Å². The van der Waals surface area contributed by atoms with E-state index in [0.29, 0.717) is 0 Å². The number of hydrogen-bond acceptors (Lipinski definition) is 8. The molecule has 2 rings (SSSR count). The first-order chi connectivity index (χ1) is 23.1. The van der Waals surface area contributed by atoms with Gasteiger partial charge in [-0.2, -0.15) is 0 Å². The first-order valence-corrected chi connectivity index (χ1v) is 18.1. The minimum absolute atomic E-state index is 0.0850. The third-order valence-electron chi connectivity index (χ3n) is 8.93. The summed E-state index contributed by atoms with van der Waals surface area (Å²) in [5.74, 6) is -1.32. The standard InChI is InChI=1S/C38H60N6O4/c1-27(2)33(35(45)31-25-41-23-19-29(31)37(39)47)43-21-17-15-13-11-9-7-5-6-8-10-12-14-16-18-22-44-34(28(3)4)36(46)32-26-42-24-20-30(32)38(40)48/h19-20,23-28,33-34,43-44H,5-18,21-22H2,1-4H3,(H2,39,47)(H2,40,48). The van der Waals surface area contributed by atoms with E-state index in [1.54, 1.807) is 0 Å². The number of pyridine rings is 2. The fraction of sp³-hybridized carbons (Fsp3) is 0.632. The lowest BCUT2D eigenvalue weighted by molar-refractivity contribution is 0.0901. The monoisotopic (exact) mass is 664 g/mol. The summed E-state index contributed by atoms with van der Waals surface area (Å²) in [5, 5.41) is 6.79. The molecule has 0 saturated heterocycles. The van der Waals surface area contributed by atoms with Gasteiger partial charge in [0.25, 0.3) is 0 Å². The fourth-order valence-electron chi connectivity index (χ4n) is 6.10. The molecule has 0 fully saturated rings. The molecule has 0 aliphatic heterocycles. The minimum atomic E-state index is -0.613. The summed E-state index contributed by atoms with van der Waals surface area (Å²) in [4.78, 5) is 57.7. The summed E-state index contributed by atoms with van der Waals surface area (Å²) in [6.07, 6.45) is 22.7. The van der Waals surface area contributed by atoms with Gasteiger partial charge in [0.05, 0.1) is 34.3 Å². The van der Waals surface area contributed by atoms with Crippen LogP contribution in [0.1, 0.15) is 159 Å². The molecule has 2 unspecified atom stereocenters. The van der Waals surface area contributed by atoms with Gasteiger partial charge in [-0.1, -0.05) is 105 Å². The molecule has 2 atom stereocenters. The lowest BCUT2D eigenvalue weighted by Crippen LogP contribution is -2.42. The third-order valence-corrected chi connectivity index (χ3v) is 8.93. The Morgan fingerprint density at radius 2 is 0.812 bits per heavy atom. The van der Waals surface area contributed by atoms with Crippen molar-refractivity contribution in [1.29, 1.82) is 0 Å². The Labute approximate surface area is 288 Å². The molecule has 0 aliphatic carbocycles. The summed E-state index contributed by atoms with van der Waals surface area (Å²) in [6, 6.07) is 2.26. The lowest BCUT2D eigenvalue weighted by atomic mass is 9.93. The van der Waals surface area contributed by atoms with Crippen LogP contribution in [0.15, 0.2) is 36.9 Å². The van der Waals surface area contributed by atoms with Crippen molar-refractivity contribution in [2.45, 2.75) is 130 Å². The molecule has 0 saturated carbocycles. The highest BCUT2D eigenvalue weighted by Crippen LogP contribution is 2.17. The quantitative estimate of drug-likeness (QED) is 0.0625. The van der Waals surface area contributed by atoms with Crippen molar-refractivity contribution >= 4 is 23.4 Å². The molecule has 0 aliphatic rings. The van der Waals surface area contributed by atoms with Gasteiger partial charge in [-0.15, -0.1) is 0 Å². The van der Waals surface area contributed by atoms with Crippen molar-refractivity contribution in [1.82, 2.24) is 20.6 Å². The van der Waals surface area contributed by atoms with Gasteiger partial charge >= 0.3 is 0 Å². The van der Waals surface area contributed by atoms with Gasteiger partial charge in [0.15, 0.2) is 11.6 Å². The Kier molecular flexibility index (Phi) is 19.5. The molecule has 0 aromatic carbocycles. The number of nitrogens with zero attached hydrogens (tertiary/aromatic N) is 2. The van der Waals surface area contributed by atoms with Crippen molar-refractivity contribution in [3.63, 3.8) is 0 Å². The van der Waals surface area contributed by atoms with E-state index in [9.17, 15) is 19.2 Å². The van der Waals surface area contributed by atoms with Crippen LogP contribution in [0.4, 0.5) is 0 Å². The zero-order valence-electron chi connectivity index (χ0n) is 29.8. The van der Waals surface area contributed by atoms with E-state index in [1.807, 2.05) is 27.7 Å². The first-order valence-electron chi connectivity index (χ1n) is 18.1. The van der Waals surface area contributed by atoms with Crippen molar-refractivity contribution < 1.29 is 19.2 Å². The molecule has 10 nitrogen and oxygen atoms in total. The normalized spacial score (nSPS) is 12.7. The van der Waals surface area contributed by atoms with Gasteiger partial charge in [-0.25, -0.2) is 0 Å². The molecule has 0 spiro atoms. The van der Waals surface area contributed by atoms with Crippen LogP contribution in [0.3, 0.4) is 0 Å². The van der Waals surface area contributed by atoms with Crippen molar-refractivity contribution in [3.8, 4) is 0 Å². The van der Waals surface area contributed by atoms with Crippen LogP contribution >= 0.6 is 0 Å². The van der Waals surface area contributed by atoms with E-state index in [1.165, 1.54) is 101 Å². The molecule has 0 bridgehead atoms. The summed E-state index contributed by atoms with van der Waals surface area (Å²) < 4.78 is 0. The van der Waals surface area contributed by atoms with Gasteiger partial charge in [-0.05, 0) is 49.9 Å². The Hall–Kier alpha value is -3.50. The second kappa shape index (κ2) is 23.0. The molecule has 2 amide bonds. The van der Waals surface area contributed by atoms with Crippen LogP contribution in [0.5, 0.6) is 0 Å². The number of carbonyl (C=O) groups excluding carboxylic acids is 4. The SMILES string of the molecule is CC(C)C(NCCCCCCCCCCCCCCCCNC(C(=O)c1cnccc1C(N)=O)C(C)C)C(=O)c1cnccc1C(N)=O. The van der Waals surface area contributed by atoms with Crippen LogP contribution in [0, 0.1) is 11.8 Å². The van der Waals surface area contributed by atoms with Crippen molar-refractivity contribution in [2.24, 2.45) is 23.3 Å². The highest BCUT2D eigenvalue weighted by molar-refractivity contribution is 6.10. The van der Waals surface area contributed by atoms with Crippen LogP contribution in [0.25, 0.3) is 0 Å². The highest BCUT2D eigenvalue weighted by Gasteiger charge is 2.27. The van der Waals surface area contributed by atoms with Crippen molar-refractivity contribution in [2.75, 3.05) is 13.1 Å². The summed E-state index contributed by atoms with van der Waals surface area (Å²) in [5.41, 5.74) is 11.9. The number of ketones is 2. The van der Waals surface area contributed by atoms with E-state index in [2.05, 4.69) is 20.6 Å². The lowest BCUT2D eigenvalue weighted by Gasteiger charge is -2.22. The molecule has 10 heteroatoms. The average molecular weight is 665 g/mol. The maximum absolute atomic E-state index is 13.1. The highest BCUT2D eigenvalue weighted by atomic mass is 16.2. The smallest absolute Gasteiger partial charge is 0.249 e. The van der Waals surface area contributed by atoms with E-state index in [0.717, 1.165) is 38.8 Å². The van der Waals surface area contributed by atoms with E-state index in [4.69, 9.17) is 11.5 Å². The molecular weight excluding hydrogens is 604 g/mol. The van der Waals surface area contributed by atoms with Crippen molar-refractivity contribution in [3.05, 3.63) is 59.2 Å². The second-order valence-electron chi connectivity index (χ2n) is 13.6. The number of carbonyl (C=O) groups is 4. The summed E-state index contributed by atoms with van der Waals surface area (Å²) in [6.45, 7) is 9.53. The predicted molar refractivity (Wildman–Crippen MR) is 192 cm³/mol. The van der Waals surface area contributed by atoms with Crippen LogP contribution in [0.2, 0.25) is 0 Å². The number of aromatic nitrogens is 2. The van der Waals surface area contributed by atoms with Gasteiger partial charge in [-0.3, -0.25) is 29.1 Å². The summed E-state index contributed by atoms with van der Waals surface area (Å²) >= 11 is 0. The maximum atomic E-state index is 13.1. The molecule has 2 heterocycles. The Morgan fingerprint density at radius 1 is 0.521 bits per heavy atom. The molecule has 2 aromatic heterocycles. The fourth-order valence-corrected chi connectivity index (χ4v) is 6.10. The molecule has 2 aromatic rings. The maximum Gasteiger partial charge on any atom is 0.249 e. The summed E-state index contributed by atoms with van der Waals surface area (Å²) in [7, 11) is 0.